The lowest BCUT2D eigenvalue weighted by molar-refractivity contribution is 0.0746. The average Bonchev–Trinajstić information content (AvgIpc) is 2.75. The molecular formula is C21H18F2N4O. The fraction of sp³-hybridized carbons (Fsp3) is 0.190. The van der Waals surface area contributed by atoms with Gasteiger partial charge < -0.3 is 9.80 Å². The van der Waals surface area contributed by atoms with E-state index in [9.17, 15) is 13.6 Å². The fourth-order valence-corrected chi connectivity index (χ4v) is 3.19. The van der Waals surface area contributed by atoms with Crippen LogP contribution >= 0.6 is 0 Å². The van der Waals surface area contributed by atoms with Crippen LogP contribution in [0.4, 0.5) is 14.5 Å². The van der Waals surface area contributed by atoms with Crippen LogP contribution in [-0.4, -0.2) is 47.0 Å². The SMILES string of the molecule is O=C(c1cnc(-c2ccc(F)cc2)nc1)N1CCN(c2ccc(F)cc2)CC1. The molecule has 0 atom stereocenters. The number of hydrogen-bond donors (Lipinski definition) is 0. The van der Waals surface area contributed by atoms with Gasteiger partial charge in [-0.15, -0.1) is 0 Å². The van der Waals surface area contributed by atoms with E-state index < -0.39 is 0 Å². The number of rotatable bonds is 3. The minimum Gasteiger partial charge on any atom is -0.368 e. The quantitative estimate of drug-likeness (QED) is 0.699. The highest BCUT2D eigenvalue weighted by molar-refractivity contribution is 5.94. The standard InChI is InChI=1S/C21H18F2N4O/c22-17-3-1-15(2-4-17)20-24-13-16(14-25-20)21(28)27-11-9-26(10-12-27)19-7-5-18(23)6-8-19/h1-8,13-14H,9-12H2. The third-order valence-corrected chi connectivity index (χ3v) is 4.76. The van der Waals surface area contributed by atoms with E-state index in [-0.39, 0.29) is 17.5 Å². The Balaban J connectivity index is 1.39. The summed E-state index contributed by atoms with van der Waals surface area (Å²) in [5.41, 5.74) is 2.05. The first-order valence-electron chi connectivity index (χ1n) is 8.98. The number of benzene rings is 2. The molecule has 0 saturated carbocycles. The first-order valence-corrected chi connectivity index (χ1v) is 8.98. The molecule has 28 heavy (non-hydrogen) atoms. The summed E-state index contributed by atoms with van der Waals surface area (Å²) in [6, 6.07) is 12.3. The highest BCUT2D eigenvalue weighted by Gasteiger charge is 2.23. The van der Waals surface area contributed by atoms with Crippen molar-refractivity contribution >= 4 is 11.6 Å². The molecule has 0 unspecified atom stereocenters. The van der Waals surface area contributed by atoms with Crippen molar-refractivity contribution in [3.05, 3.63) is 78.1 Å². The van der Waals surface area contributed by atoms with E-state index >= 15 is 0 Å². The van der Waals surface area contributed by atoms with Gasteiger partial charge in [-0.3, -0.25) is 4.79 Å². The van der Waals surface area contributed by atoms with Crippen LogP contribution < -0.4 is 4.90 Å². The van der Waals surface area contributed by atoms with Gasteiger partial charge in [-0.05, 0) is 48.5 Å². The third-order valence-electron chi connectivity index (χ3n) is 4.76. The van der Waals surface area contributed by atoms with Gasteiger partial charge in [0.05, 0.1) is 5.56 Å². The van der Waals surface area contributed by atoms with E-state index in [0.29, 0.717) is 43.1 Å². The number of carbonyl (C=O) groups excluding carboxylic acids is 1. The Hall–Kier alpha value is -3.35. The maximum atomic E-state index is 13.1. The van der Waals surface area contributed by atoms with Crippen LogP contribution in [0.15, 0.2) is 60.9 Å². The second kappa shape index (κ2) is 7.72. The first kappa shape index (κ1) is 18.0. The molecule has 1 aromatic heterocycles. The van der Waals surface area contributed by atoms with E-state index in [1.54, 1.807) is 29.2 Å². The van der Waals surface area contributed by atoms with Crippen LogP contribution in [0.3, 0.4) is 0 Å². The highest BCUT2D eigenvalue weighted by Crippen LogP contribution is 2.19. The number of hydrogen-bond acceptors (Lipinski definition) is 4. The van der Waals surface area contributed by atoms with Crippen molar-refractivity contribution in [1.29, 1.82) is 0 Å². The smallest absolute Gasteiger partial charge is 0.257 e. The number of piperazine rings is 1. The maximum absolute atomic E-state index is 13.1. The fourth-order valence-electron chi connectivity index (χ4n) is 3.19. The molecule has 0 aliphatic carbocycles. The molecule has 0 bridgehead atoms. The highest BCUT2D eigenvalue weighted by atomic mass is 19.1. The topological polar surface area (TPSA) is 49.3 Å². The van der Waals surface area contributed by atoms with Gasteiger partial charge in [-0.25, -0.2) is 18.7 Å². The summed E-state index contributed by atoms with van der Waals surface area (Å²) in [5, 5.41) is 0. The molecule has 0 radical (unpaired) electrons. The van der Waals surface area contributed by atoms with Gasteiger partial charge in [-0.2, -0.15) is 0 Å². The lowest BCUT2D eigenvalue weighted by Gasteiger charge is -2.36. The lowest BCUT2D eigenvalue weighted by atomic mass is 10.2. The molecule has 7 heteroatoms. The number of amides is 1. The number of nitrogens with zero attached hydrogens (tertiary/aromatic N) is 4. The van der Waals surface area contributed by atoms with Crippen LogP contribution in [0.2, 0.25) is 0 Å². The largest absolute Gasteiger partial charge is 0.368 e. The molecule has 142 valence electrons. The Morgan fingerprint density at radius 3 is 1.89 bits per heavy atom. The predicted octanol–water partition coefficient (Wildman–Crippen LogP) is 3.38. The van der Waals surface area contributed by atoms with Crippen molar-refractivity contribution < 1.29 is 13.6 Å². The van der Waals surface area contributed by atoms with Crippen LogP contribution in [0.5, 0.6) is 0 Å². The van der Waals surface area contributed by atoms with Gasteiger partial charge in [0.25, 0.3) is 5.91 Å². The summed E-state index contributed by atoms with van der Waals surface area (Å²) in [6.45, 7) is 2.48. The van der Waals surface area contributed by atoms with E-state index in [1.165, 1.54) is 36.7 Å². The molecule has 3 aromatic rings. The van der Waals surface area contributed by atoms with Crippen molar-refractivity contribution in [2.24, 2.45) is 0 Å². The number of halogens is 2. The molecule has 2 heterocycles. The Morgan fingerprint density at radius 2 is 1.32 bits per heavy atom. The lowest BCUT2D eigenvalue weighted by Crippen LogP contribution is -2.48. The van der Waals surface area contributed by atoms with Crippen molar-refractivity contribution in [1.82, 2.24) is 14.9 Å². The summed E-state index contributed by atoms with van der Waals surface area (Å²) in [6.07, 6.45) is 3.00. The van der Waals surface area contributed by atoms with Crippen LogP contribution in [0, 0.1) is 11.6 Å². The van der Waals surface area contributed by atoms with E-state index in [2.05, 4.69) is 14.9 Å². The maximum Gasteiger partial charge on any atom is 0.257 e. The normalized spacial score (nSPS) is 14.2. The molecule has 2 aromatic carbocycles. The van der Waals surface area contributed by atoms with Crippen molar-refractivity contribution in [3.8, 4) is 11.4 Å². The Bertz CT molecular complexity index is 951. The Labute approximate surface area is 161 Å². The third kappa shape index (κ3) is 3.83. The molecule has 1 aliphatic rings. The molecule has 0 spiro atoms. The van der Waals surface area contributed by atoms with Gasteiger partial charge >= 0.3 is 0 Å². The minimum absolute atomic E-state index is 0.121. The molecular weight excluding hydrogens is 362 g/mol. The van der Waals surface area contributed by atoms with Gasteiger partial charge in [0.1, 0.15) is 11.6 Å². The van der Waals surface area contributed by atoms with Crippen LogP contribution in [0.25, 0.3) is 11.4 Å². The molecule has 0 N–H and O–H groups in total. The minimum atomic E-state index is -0.324. The Morgan fingerprint density at radius 1 is 0.786 bits per heavy atom. The first-order chi connectivity index (χ1) is 13.6. The Kier molecular flexibility index (Phi) is 4.97. The molecule has 1 fully saturated rings. The van der Waals surface area contributed by atoms with Crippen LogP contribution in [-0.2, 0) is 0 Å². The number of carbonyl (C=O) groups is 1. The van der Waals surface area contributed by atoms with Gasteiger partial charge in [0, 0.05) is 49.8 Å². The van der Waals surface area contributed by atoms with E-state index in [4.69, 9.17) is 0 Å². The predicted molar refractivity (Wildman–Crippen MR) is 102 cm³/mol. The monoisotopic (exact) mass is 380 g/mol. The van der Waals surface area contributed by atoms with Gasteiger partial charge in [0.2, 0.25) is 0 Å². The van der Waals surface area contributed by atoms with E-state index in [1.807, 2.05) is 0 Å². The van der Waals surface area contributed by atoms with E-state index in [0.717, 1.165) is 5.69 Å². The summed E-state index contributed by atoms with van der Waals surface area (Å²) in [7, 11) is 0. The second-order valence-electron chi connectivity index (χ2n) is 6.56. The molecule has 4 rings (SSSR count). The number of aromatic nitrogens is 2. The zero-order chi connectivity index (χ0) is 19.5. The molecule has 1 saturated heterocycles. The zero-order valence-electron chi connectivity index (χ0n) is 15.1. The molecule has 1 amide bonds. The van der Waals surface area contributed by atoms with Crippen molar-refractivity contribution in [2.45, 2.75) is 0 Å². The summed E-state index contributed by atoms with van der Waals surface area (Å²) in [4.78, 5) is 25.1. The zero-order valence-corrected chi connectivity index (χ0v) is 15.1. The number of anilines is 1. The van der Waals surface area contributed by atoms with Gasteiger partial charge in [0.15, 0.2) is 5.82 Å². The average molecular weight is 380 g/mol. The summed E-state index contributed by atoms with van der Waals surface area (Å²) in [5.74, 6) is -0.265. The van der Waals surface area contributed by atoms with Crippen molar-refractivity contribution in [2.75, 3.05) is 31.1 Å². The molecule has 5 nitrogen and oxygen atoms in total. The summed E-state index contributed by atoms with van der Waals surface area (Å²) >= 11 is 0. The van der Waals surface area contributed by atoms with Crippen molar-refractivity contribution in [3.63, 3.8) is 0 Å². The summed E-state index contributed by atoms with van der Waals surface area (Å²) < 4.78 is 26.1. The van der Waals surface area contributed by atoms with Gasteiger partial charge in [-0.1, -0.05) is 0 Å². The second-order valence-corrected chi connectivity index (χ2v) is 6.56. The molecule has 1 aliphatic heterocycles. The van der Waals surface area contributed by atoms with Crippen LogP contribution in [0.1, 0.15) is 10.4 Å².